The SMILES string of the molecule is COC(=O)[C@@H]1CC[C@@H]1C(=O)N1CCC[C@@H](c2nc(C)no2)C1. The van der Waals surface area contributed by atoms with Crippen LogP contribution in [0.3, 0.4) is 0 Å². The van der Waals surface area contributed by atoms with Crippen LogP contribution in [-0.2, 0) is 14.3 Å². The molecule has 2 aliphatic rings. The first-order valence-electron chi connectivity index (χ1n) is 7.77. The Balaban J connectivity index is 1.64. The molecule has 0 spiro atoms. The van der Waals surface area contributed by atoms with Crippen LogP contribution in [0, 0.1) is 18.8 Å². The monoisotopic (exact) mass is 307 g/mol. The summed E-state index contributed by atoms with van der Waals surface area (Å²) in [6.45, 7) is 3.10. The van der Waals surface area contributed by atoms with E-state index in [1.807, 2.05) is 4.90 Å². The molecule has 22 heavy (non-hydrogen) atoms. The Kier molecular flexibility index (Phi) is 4.13. The van der Waals surface area contributed by atoms with Gasteiger partial charge in [0.15, 0.2) is 5.82 Å². The number of aryl methyl sites for hydroxylation is 1. The molecule has 1 saturated heterocycles. The molecule has 3 rings (SSSR count). The van der Waals surface area contributed by atoms with Crippen molar-refractivity contribution in [2.45, 2.75) is 38.5 Å². The Morgan fingerprint density at radius 1 is 1.27 bits per heavy atom. The normalized spacial score (nSPS) is 28.1. The molecule has 1 aliphatic carbocycles. The minimum Gasteiger partial charge on any atom is -0.469 e. The van der Waals surface area contributed by atoms with E-state index in [-0.39, 0.29) is 29.6 Å². The maximum Gasteiger partial charge on any atom is 0.309 e. The molecule has 0 radical (unpaired) electrons. The second kappa shape index (κ2) is 6.06. The molecule has 3 atom stereocenters. The zero-order valence-electron chi connectivity index (χ0n) is 12.9. The molecule has 0 unspecified atom stereocenters. The summed E-state index contributed by atoms with van der Waals surface area (Å²) >= 11 is 0. The average molecular weight is 307 g/mol. The van der Waals surface area contributed by atoms with Crippen LogP contribution in [0.1, 0.15) is 43.3 Å². The van der Waals surface area contributed by atoms with Gasteiger partial charge in [0.2, 0.25) is 11.8 Å². The predicted molar refractivity (Wildman–Crippen MR) is 75.8 cm³/mol. The third-order valence-electron chi connectivity index (χ3n) is 4.72. The van der Waals surface area contributed by atoms with Crippen LogP contribution in [0.2, 0.25) is 0 Å². The number of esters is 1. The van der Waals surface area contributed by atoms with E-state index in [9.17, 15) is 9.59 Å². The Bertz CT molecular complexity index is 571. The molecule has 0 aromatic carbocycles. The van der Waals surface area contributed by atoms with Gasteiger partial charge < -0.3 is 14.2 Å². The molecule has 2 heterocycles. The Hall–Kier alpha value is -1.92. The van der Waals surface area contributed by atoms with E-state index >= 15 is 0 Å². The number of ether oxygens (including phenoxy) is 1. The number of hydrogen-bond acceptors (Lipinski definition) is 6. The minimum absolute atomic E-state index is 0.0580. The molecule has 7 nitrogen and oxygen atoms in total. The van der Waals surface area contributed by atoms with Gasteiger partial charge in [-0.15, -0.1) is 0 Å². The van der Waals surface area contributed by atoms with Crippen molar-refractivity contribution < 1.29 is 18.8 Å². The van der Waals surface area contributed by atoms with Crippen LogP contribution >= 0.6 is 0 Å². The predicted octanol–water partition coefficient (Wildman–Crippen LogP) is 1.28. The minimum atomic E-state index is -0.275. The molecule has 0 bridgehead atoms. The highest BCUT2D eigenvalue weighted by molar-refractivity contribution is 5.87. The summed E-state index contributed by atoms with van der Waals surface area (Å²) in [6.07, 6.45) is 3.35. The maximum atomic E-state index is 12.6. The van der Waals surface area contributed by atoms with Crippen molar-refractivity contribution >= 4 is 11.9 Å². The summed E-state index contributed by atoms with van der Waals surface area (Å²) in [6, 6.07) is 0. The highest BCUT2D eigenvalue weighted by Gasteiger charge is 2.44. The van der Waals surface area contributed by atoms with Crippen LogP contribution in [-0.4, -0.2) is 47.1 Å². The topological polar surface area (TPSA) is 85.5 Å². The van der Waals surface area contributed by atoms with Crippen LogP contribution in [0.4, 0.5) is 0 Å². The molecule has 7 heteroatoms. The molecule has 120 valence electrons. The standard InChI is InChI=1S/C15H21N3O4/c1-9-16-13(22-17-9)10-4-3-7-18(8-10)14(19)11-5-6-12(11)15(20)21-2/h10-12H,3-8H2,1-2H3/t10-,11+,12-/m1/s1. The van der Waals surface area contributed by atoms with Gasteiger partial charge in [0.1, 0.15) is 0 Å². The highest BCUT2D eigenvalue weighted by Crippen LogP contribution is 2.38. The number of likely N-dealkylation sites (tertiary alicyclic amines) is 1. The number of rotatable bonds is 3. The van der Waals surface area contributed by atoms with Gasteiger partial charge >= 0.3 is 5.97 Å². The largest absolute Gasteiger partial charge is 0.469 e. The number of carbonyl (C=O) groups is 2. The Morgan fingerprint density at radius 2 is 2.05 bits per heavy atom. The fourth-order valence-electron chi connectivity index (χ4n) is 3.32. The second-order valence-corrected chi connectivity index (χ2v) is 6.12. The van der Waals surface area contributed by atoms with Crippen molar-refractivity contribution in [2.75, 3.05) is 20.2 Å². The number of nitrogens with zero attached hydrogens (tertiary/aromatic N) is 3. The van der Waals surface area contributed by atoms with Gasteiger partial charge in [-0.25, -0.2) is 0 Å². The van der Waals surface area contributed by atoms with Gasteiger partial charge in [0.25, 0.3) is 0 Å². The van der Waals surface area contributed by atoms with Gasteiger partial charge in [-0.3, -0.25) is 9.59 Å². The van der Waals surface area contributed by atoms with Crippen LogP contribution < -0.4 is 0 Å². The molecule has 2 fully saturated rings. The van der Waals surface area contributed by atoms with Crippen molar-refractivity contribution in [1.82, 2.24) is 15.0 Å². The first kappa shape index (κ1) is 15.0. The van der Waals surface area contributed by atoms with Gasteiger partial charge in [-0.1, -0.05) is 5.16 Å². The summed E-state index contributed by atoms with van der Waals surface area (Å²) in [4.78, 5) is 30.4. The number of piperidine rings is 1. The number of methoxy groups -OCH3 is 1. The zero-order valence-corrected chi connectivity index (χ0v) is 12.9. The lowest BCUT2D eigenvalue weighted by atomic mass is 9.72. The van der Waals surface area contributed by atoms with Crippen molar-refractivity contribution in [3.63, 3.8) is 0 Å². The Labute approximate surface area is 129 Å². The molecule has 1 aromatic rings. The molecule has 1 saturated carbocycles. The van der Waals surface area contributed by atoms with E-state index in [4.69, 9.17) is 9.26 Å². The molecule has 0 N–H and O–H groups in total. The fraction of sp³-hybridized carbons (Fsp3) is 0.733. The lowest BCUT2D eigenvalue weighted by Gasteiger charge is -2.39. The first-order valence-corrected chi connectivity index (χ1v) is 7.77. The third-order valence-corrected chi connectivity index (χ3v) is 4.72. The van der Waals surface area contributed by atoms with E-state index < -0.39 is 0 Å². The lowest BCUT2D eigenvalue weighted by molar-refractivity contribution is -0.159. The smallest absolute Gasteiger partial charge is 0.309 e. The van der Waals surface area contributed by atoms with Crippen molar-refractivity contribution in [1.29, 1.82) is 0 Å². The second-order valence-electron chi connectivity index (χ2n) is 6.12. The van der Waals surface area contributed by atoms with Gasteiger partial charge in [0.05, 0.1) is 24.9 Å². The molecular weight excluding hydrogens is 286 g/mol. The Morgan fingerprint density at radius 3 is 2.64 bits per heavy atom. The number of amides is 1. The summed E-state index contributed by atoms with van der Waals surface area (Å²) in [7, 11) is 1.37. The van der Waals surface area contributed by atoms with E-state index in [2.05, 4.69) is 10.1 Å². The third kappa shape index (κ3) is 2.71. The summed E-state index contributed by atoms with van der Waals surface area (Å²) < 4.78 is 10.0. The number of aromatic nitrogens is 2. The lowest BCUT2D eigenvalue weighted by Crippen LogP contribution is -2.49. The molecule has 1 amide bonds. The van der Waals surface area contributed by atoms with E-state index in [0.29, 0.717) is 18.3 Å². The van der Waals surface area contributed by atoms with Crippen LogP contribution in [0.15, 0.2) is 4.52 Å². The summed E-state index contributed by atoms with van der Waals surface area (Å²) in [5, 5.41) is 3.82. The summed E-state index contributed by atoms with van der Waals surface area (Å²) in [5.74, 6) is 0.597. The number of carbonyl (C=O) groups excluding carboxylic acids is 2. The molecule has 1 aliphatic heterocycles. The average Bonchev–Trinajstić information content (AvgIpc) is 2.92. The molecule has 1 aromatic heterocycles. The summed E-state index contributed by atoms with van der Waals surface area (Å²) in [5.41, 5.74) is 0. The maximum absolute atomic E-state index is 12.6. The van der Waals surface area contributed by atoms with Gasteiger partial charge in [-0.05, 0) is 32.6 Å². The van der Waals surface area contributed by atoms with Crippen molar-refractivity contribution in [2.24, 2.45) is 11.8 Å². The van der Waals surface area contributed by atoms with Crippen molar-refractivity contribution in [3.05, 3.63) is 11.7 Å². The molecular formula is C15H21N3O4. The van der Waals surface area contributed by atoms with Crippen molar-refractivity contribution in [3.8, 4) is 0 Å². The number of hydrogen-bond donors (Lipinski definition) is 0. The van der Waals surface area contributed by atoms with Gasteiger partial charge in [0, 0.05) is 13.1 Å². The van der Waals surface area contributed by atoms with E-state index in [1.165, 1.54) is 7.11 Å². The highest BCUT2D eigenvalue weighted by atomic mass is 16.5. The van der Waals surface area contributed by atoms with Crippen LogP contribution in [0.25, 0.3) is 0 Å². The quantitative estimate of drug-likeness (QED) is 0.782. The van der Waals surface area contributed by atoms with Crippen LogP contribution in [0.5, 0.6) is 0 Å². The first-order chi connectivity index (χ1) is 10.6. The van der Waals surface area contributed by atoms with Gasteiger partial charge in [-0.2, -0.15) is 4.98 Å². The van der Waals surface area contributed by atoms with E-state index in [1.54, 1.807) is 6.92 Å². The van der Waals surface area contributed by atoms with E-state index in [0.717, 1.165) is 32.2 Å². The fourth-order valence-corrected chi connectivity index (χ4v) is 3.32. The zero-order chi connectivity index (χ0) is 15.7.